The number of anilines is 1. The zero-order chi connectivity index (χ0) is 15.6. The molecular weight excluding hydrogens is 337 g/mol. The van der Waals surface area contributed by atoms with E-state index in [1.165, 1.54) is 12.1 Å². The maximum absolute atomic E-state index is 12.1. The van der Waals surface area contributed by atoms with Crippen molar-refractivity contribution < 1.29 is 13.2 Å². The summed E-state index contributed by atoms with van der Waals surface area (Å²) in [6.07, 6.45) is 1.79. The largest absolute Gasteiger partial charge is 0.398 e. The summed E-state index contributed by atoms with van der Waals surface area (Å²) in [5.74, 6) is 0.0428. The van der Waals surface area contributed by atoms with Crippen LogP contribution in [0.25, 0.3) is 0 Å². The molecular formula is C12H15Cl2N3O3S. The summed E-state index contributed by atoms with van der Waals surface area (Å²) < 4.78 is 26.6. The molecule has 1 aliphatic rings. The average molecular weight is 352 g/mol. The molecule has 0 saturated heterocycles. The Balaban J connectivity index is 1.96. The van der Waals surface area contributed by atoms with Crippen LogP contribution < -0.4 is 15.8 Å². The van der Waals surface area contributed by atoms with E-state index >= 15 is 0 Å². The number of hydrogen-bond donors (Lipinski definition) is 3. The van der Waals surface area contributed by atoms with Crippen molar-refractivity contribution in [1.82, 2.24) is 10.0 Å². The van der Waals surface area contributed by atoms with Gasteiger partial charge in [0, 0.05) is 24.0 Å². The molecule has 1 saturated carbocycles. The van der Waals surface area contributed by atoms with Crippen LogP contribution in [0.2, 0.25) is 10.0 Å². The predicted molar refractivity (Wildman–Crippen MR) is 81.8 cm³/mol. The van der Waals surface area contributed by atoms with Crippen molar-refractivity contribution in [2.24, 2.45) is 5.92 Å². The number of benzene rings is 1. The van der Waals surface area contributed by atoms with E-state index in [1.54, 1.807) is 0 Å². The van der Waals surface area contributed by atoms with Crippen molar-refractivity contribution in [3.8, 4) is 0 Å². The topological polar surface area (TPSA) is 101 Å². The zero-order valence-electron chi connectivity index (χ0n) is 11.0. The van der Waals surface area contributed by atoms with E-state index in [4.69, 9.17) is 28.9 Å². The van der Waals surface area contributed by atoms with Crippen LogP contribution in [-0.2, 0) is 14.8 Å². The first kappa shape index (κ1) is 16.4. The van der Waals surface area contributed by atoms with Crippen LogP contribution in [0.1, 0.15) is 12.8 Å². The molecule has 2 rings (SSSR count). The first-order valence-electron chi connectivity index (χ1n) is 6.33. The van der Waals surface area contributed by atoms with Gasteiger partial charge in [0.1, 0.15) is 4.90 Å². The standard InChI is InChI=1S/C12H15Cl2N3O3S/c13-8-5-9(14)11(10(15)6-8)21(19,20)17-4-3-16-12(18)7-1-2-7/h5-7,17H,1-4,15H2,(H,16,18). The molecule has 1 amide bonds. The monoisotopic (exact) mass is 351 g/mol. The normalized spacial score (nSPS) is 15.0. The summed E-state index contributed by atoms with van der Waals surface area (Å²) in [6.45, 7) is 0.263. The molecule has 0 bridgehead atoms. The van der Waals surface area contributed by atoms with Crippen molar-refractivity contribution in [3.63, 3.8) is 0 Å². The molecule has 1 aromatic rings. The van der Waals surface area contributed by atoms with Gasteiger partial charge in [-0.2, -0.15) is 0 Å². The molecule has 6 nitrogen and oxygen atoms in total. The summed E-state index contributed by atoms with van der Waals surface area (Å²) in [5.41, 5.74) is 5.63. The minimum Gasteiger partial charge on any atom is -0.398 e. The number of amides is 1. The molecule has 1 aliphatic carbocycles. The number of rotatable bonds is 6. The Kier molecular flexibility index (Phi) is 4.98. The fourth-order valence-electron chi connectivity index (χ4n) is 1.80. The maximum Gasteiger partial charge on any atom is 0.244 e. The third-order valence-electron chi connectivity index (χ3n) is 2.97. The third-order valence-corrected chi connectivity index (χ3v) is 5.18. The van der Waals surface area contributed by atoms with Gasteiger partial charge in [0.05, 0.1) is 10.7 Å². The Morgan fingerprint density at radius 1 is 1.29 bits per heavy atom. The summed E-state index contributed by atoms with van der Waals surface area (Å²) in [5, 5.41) is 2.87. The highest BCUT2D eigenvalue weighted by Crippen LogP contribution is 2.31. The molecule has 1 fully saturated rings. The molecule has 4 N–H and O–H groups in total. The highest BCUT2D eigenvalue weighted by atomic mass is 35.5. The lowest BCUT2D eigenvalue weighted by Crippen LogP contribution is -2.35. The molecule has 0 radical (unpaired) electrons. The lowest BCUT2D eigenvalue weighted by Gasteiger charge is -2.11. The van der Waals surface area contributed by atoms with Gasteiger partial charge in [-0.3, -0.25) is 4.79 Å². The van der Waals surface area contributed by atoms with E-state index in [-0.39, 0.29) is 45.5 Å². The highest BCUT2D eigenvalue weighted by Gasteiger charge is 2.29. The van der Waals surface area contributed by atoms with Gasteiger partial charge in [0.2, 0.25) is 15.9 Å². The highest BCUT2D eigenvalue weighted by molar-refractivity contribution is 7.89. The van der Waals surface area contributed by atoms with Gasteiger partial charge in [-0.05, 0) is 25.0 Å². The van der Waals surface area contributed by atoms with Gasteiger partial charge in [0.25, 0.3) is 0 Å². The minimum absolute atomic E-state index is 0.0259. The third kappa shape index (κ3) is 4.23. The van der Waals surface area contributed by atoms with Gasteiger partial charge in [-0.15, -0.1) is 0 Å². The molecule has 0 aliphatic heterocycles. The lowest BCUT2D eigenvalue weighted by atomic mass is 10.3. The van der Waals surface area contributed by atoms with Crippen LogP contribution in [0.5, 0.6) is 0 Å². The van der Waals surface area contributed by atoms with E-state index in [0.717, 1.165) is 12.8 Å². The van der Waals surface area contributed by atoms with E-state index < -0.39 is 10.0 Å². The summed E-state index contributed by atoms with van der Waals surface area (Å²) in [4.78, 5) is 11.2. The van der Waals surface area contributed by atoms with Crippen molar-refractivity contribution in [1.29, 1.82) is 0 Å². The fourth-order valence-corrected chi connectivity index (χ4v) is 3.81. The quantitative estimate of drug-likeness (QED) is 0.532. The van der Waals surface area contributed by atoms with Crippen LogP contribution in [0.15, 0.2) is 17.0 Å². The Bertz CT molecular complexity index is 637. The second-order valence-corrected chi connectivity index (χ2v) is 7.32. The lowest BCUT2D eigenvalue weighted by molar-refractivity contribution is -0.122. The first-order valence-corrected chi connectivity index (χ1v) is 8.57. The number of carbonyl (C=O) groups is 1. The summed E-state index contributed by atoms with van der Waals surface area (Å²) >= 11 is 11.6. The molecule has 0 spiro atoms. The number of nitrogen functional groups attached to an aromatic ring is 1. The van der Waals surface area contributed by atoms with Crippen molar-refractivity contribution in [2.75, 3.05) is 18.8 Å². The number of nitrogens with one attached hydrogen (secondary N) is 2. The van der Waals surface area contributed by atoms with E-state index in [9.17, 15) is 13.2 Å². The minimum atomic E-state index is -3.86. The molecule has 21 heavy (non-hydrogen) atoms. The zero-order valence-corrected chi connectivity index (χ0v) is 13.4. The maximum atomic E-state index is 12.1. The van der Waals surface area contributed by atoms with Crippen LogP contribution in [0.4, 0.5) is 5.69 Å². The number of carbonyl (C=O) groups excluding carboxylic acids is 1. The Morgan fingerprint density at radius 3 is 2.52 bits per heavy atom. The Labute approximate surface area is 133 Å². The van der Waals surface area contributed by atoms with Crippen molar-refractivity contribution in [3.05, 3.63) is 22.2 Å². The van der Waals surface area contributed by atoms with Crippen LogP contribution in [-0.4, -0.2) is 27.4 Å². The number of halogens is 2. The SMILES string of the molecule is Nc1cc(Cl)cc(Cl)c1S(=O)(=O)NCCNC(=O)C1CC1. The number of sulfonamides is 1. The molecule has 1 aromatic carbocycles. The Hall–Kier alpha value is -1.02. The molecule has 9 heteroatoms. The van der Waals surface area contributed by atoms with Gasteiger partial charge < -0.3 is 11.1 Å². The molecule has 0 heterocycles. The Morgan fingerprint density at radius 2 is 1.95 bits per heavy atom. The second kappa shape index (κ2) is 6.39. The average Bonchev–Trinajstić information content (AvgIpc) is 3.16. The molecule has 0 aromatic heterocycles. The number of nitrogens with two attached hydrogens (primary N) is 1. The van der Waals surface area contributed by atoms with Gasteiger partial charge >= 0.3 is 0 Å². The van der Waals surface area contributed by atoms with E-state index in [1.807, 2.05) is 0 Å². The summed E-state index contributed by atoms with van der Waals surface area (Å²) in [7, 11) is -3.86. The van der Waals surface area contributed by atoms with Gasteiger partial charge in [-0.1, -0.05) is 23.2 Å². The van der Waals surface area contributed by atoms with E-state index in [2.05, 4.69) is 10.0 Å². The van der Waals surface area contributed by atoms with Crippen LogP contribution in [0.3, 0.4) is 0 Å². The summed E-state index contributed by atoms with van der Waals surface area (Å²) in [6, 6.07) is 2.62. The van der Waals surface area contributed by atoms with Crippen LogP contribution in [0, 0.1) is 5.92 Å². The van der Waals surface area contributed by atoms with Gasteiger partial charge in [-0.25, -0.2) is 13.1 Å². The number of hydrogen-bond acceptors (Lipinski definition) is 4. The fraction of sp³-hybridized carbons (Fsp3) is 0.417. The molecule has 0 atom stereocenters. The molecule has 0 unspecified atom stereocenters. The van der Waals surface area contributed by atoms with E-state index in [0.29, 0.717) is 0 Å². The smallest absolute Gasteiger partial charge is 0.244 e. The van der Waals surface area contributed by atoms with Crippen LogP contribution >= 0.6 is 23.2 Å². The van der Waals surface area contributed by atoms with Crippen molar-refractivity contribution in [2.45, 2.75) is 17.7 Å². The second-order valence-electron chi connectivity index (χ2n) is 4.77. The first-order chi connectivity index (χ1) is 9.81. The predicted octanol–water partition coefficient (Wildman–Crippen LogP) is 1.38. The molecule has 116 valence electrons. The van der Waals surface area contributed by atoms with Crippen molar-refractivity contribution >= 4 is 44.8 Å². The van der Waals surface area contributed by atoms with Gasteiger partial charge in [0.15, 0.2) is 0 Å².